The standard InChI is InChI=1S/C9H12N2/c1-3-7-4-5-8(10)9(6-7)11-2/h4-6H,2-3,10H2,1H3. The van der Waals surface area contributed by atoms with Gasteiger partial charge in [0.15, 0.2) is 0 Å². The summed E-state index contributed by atoms with van der Waals surface area (Å²) in [6.45, 7) is 5.53. The summed E-state index contributed by atoms with van der Waals surface area (Å²) >= 11 is 0. The van der Waals surface area contributed by atoms with Gasteiger partial charge in [0, 0.05) is 0 Å². The lowest BCUT2D eigenvalue weighted by Crippen LogP contribution is -1.86. The maximum atomic E-state index is 5.62. The van der Waals surface area contributed by atoms with Gasteiger partial charge in [-0.15, -0.1) is 0 Å². The first-order valence-electron chi connectivity index (χ1n) is 3.63. The molecule has 0 aromatic heterocycles. The summed E-state index contributed by atoms with van der Waals surface area (Å²) in [6.07, 6.45) is 1.00. The molecule has 0 saturated carbocycles. The van der Waals surface area contributed by atoms with Gasteiger partial charge < -0.3 is 5.73 Å². The fourth-order valence-corrected chi connectivity index (χ4v) is 0.946. The zero-order valence-corrected chi connectivity index (χ0v) is 6.67. The van der Waals surface area contributed by atoms with Gasteiger partial charge in [-0.1, -0.05) is 13.0 Å². The first-order chi connectivity index (χ1) is 5.27. The Morgan fingerprint density at radius 1 is 1.55 bits per heavy atom. The van der Waals surface area contributed by atoms with Gasteiger partial charge in [-0.05, 0) is 30.8 Å². The molecule has 0 saturated heterocycles. The quantitative estimate of drug-likeness (QED) is 0.506. The van der Waals surface area contributed by atoms with Crippen LogP contribution in [-0.2, 0) is 6.42 Å². The summed E-state index contributed by atoms with van der Waals surface area (Å²) in [6, 6.07) is 5.83. The van der Waals surface area contributed by atoms with Gasteiger partial charge in [-0.3, -0.25) is 4.99 Å². The summed E-state index contributed by atoms with van der Waals surface area (Å²) in [5.41, 5.74) is 8.33. The molecular weight excluding hydrogens is 136 g/mol. The van der Waals surface area contributed by atoms with Gasteiger partial charge in [0.25, 0.3) is 0 Å². The summed E-state index contributed by atoms with van der Waals surface area (Å²) in [5.74, 6) is 0. The Kier molecular flexibility index (Phi) is 2.26. The van der Waals surface area contributed by atoms with Crippen LogP contribution in [-0.4, -0.2) is 6.72 Å². The van der Waals surface area contributed by atoms with Crippen molar-refractivity contribution in [1.82, 2.24) is 0 Å². The second-order valence-corrected chi connectivity index (χ2v) is 2.40. The molecule has 0 fully saturated rings. The van der Waals surface area contributed by atoms with Crippen molar-refractivity contribution in [2.45, 2.75) is 13.3 Å². The number of hydrogen-bond acceptors (Lipinski definition) is 2. The van der Waals surface area contributed by atoms with Crippen molar-refractivity contribution in [1.29, 1.82) is 0 Å². The number of benzene rings is 1. The minimum absolute atomic E-state index is 0.692. The largest absolute Gasteiger partial charge is 0.397 e. The Labute approximate surface area is 66.8 Å². The van der Waals surface area contributed by atoms with E-state index in [2.05, 4.69) is 18.6 Å². The molecule has 1 aromatic rings. The van der Waals surface area contributed by atoms with Crippen molar-refractivity contribution in [2.75, 3.05) is 5.73 Å². The van der Waals surface area contributed by atoms with Crippen LogP contribution in [0.15, 0.2) is 23.2 Å². The highest BCUT2D eigenvalue weighted by Gasteiger charge is 1.95. The second-order valence-electron chi connectivity index (χ2n) is 2.40. The average Bonchev–Trinajstić information content (AvgIpc) is 2.05. The normalized spacial score (nSPS) is 9.55. The van der Waals surface area contributed by atoms with E-state index < -0.39 is 0 Å². The molecule has 1 rings (SSSR count). The van der Waals surface area contributed by atoms with E-state index >= 15 is 0 Å². The number of nitrogen functional groups attached to an aromatic ring is 1. The first-order valence-corrected chi connectivity index (χ1v) is 3.63. The van der Waals surface area contributed by atoms with Gasteiger partial charge >= 0.3 is 0 Å². The third-order valence-electron chi connectivity index (χ3n) is 1.67. The lowest BCUT2D eigenvalue weighted by atomic mass is 10.1. The molecule has 1 aromatic carbocycles. The SMILES string of the molecule is C=Nc1cc(CC)ccc1N. The number of nitrogens with two attached hydrogens (primary N) is 1. The number of nitrogens with zero attached hydrogens (tertiary/aromatic N) is 1. The average molecular weight is 148 g/mol. The molecule has 2 nitrogen and oxygen atoms in total. The Balaban J connectivity index is 3.12. The number of hydrogen-bond donors (Lipinski definition) is 1. The molecule has 0 bridgehead atoms. The topological polar surface area (TPSA) is 38.4 Å². The molecule has 0 atom stereocenters. The molecule has 0 radical (unpaired) electrons. The molecule has 0 aliphatic rings. The fraction of sp³-hybridized carbons (Fsp3) is 0.222. The van der Waals surface area contributed by atoms with E-state index in [-0.39, 0.29) is 0 Å². The van der Waals surface area contributed by atoms with Gasteiger partial charge in [0.2, 0.25) is 0 Å². The Hall–Kier alpha value is -1.31. The van der Waals surface area contributed by atoms with E-state index in [4.69, 9.17) is 5.73 Å². The van der Waals surface area contributed by atoms with Gasteiger partial charge in [-0.2, -0.15) is 0 Å². The van der Waals surface area contributed by atoms with Crippen molar-refractivity contribution < 1.29 is 0 Å². The Morgan fingerprint density at radius 2 is 2.27 bits per heavy atom. The Bertz CT molecular complexity index is 266. The number of rotatable bonds is 2. The zero-order valence-electron chi connectivity index (χ0n) is 6.67. The van der Waals surface area contributed by atoms with Crippen LogP contribution in [0.4, 0.5) is 11.4 Å². The van der Waals surface area contributed by atoms with Crippen LogP contribution in [0.5, 0.6) is 0 Å². The van der Waals surface area contributed by atoms with E-state index in [1.54, 1.807) is 0 Å². The minimum atomic E-state index is 0.692. The molecule has 0 spiro atoms. The van der Waals surface area contributed by atoms with Crippen LogP contribution in [0.2, 0.25) is 0 Å². The summed E-state index contributed by atoms with van der Waals surface area (Å²) in [4.78, 5) is 3.80. The highest BCUT2D eigenvalue weighted by Crippen LogP contribution is 2.22. The van der Waals surface area contributed by atoms with Gasteiger partial charge in [0.05, 0.1) is 11.4 Å². The van der Waals surface area contributed by atoms with Crippen LogP contribution >= 0.6 is 0 Å². The maximum Gasteiger partial charge on any atom is 0.0854 e. The third kappa shape index (κ3) is 1.58. The van der Waals surface area contributed by atoms with Gasteiger partial charge in [0.1, 0.15) is 0 Å². The van der Waals surface area contributed by atoms with Crippen LogP contribution in [0, 0.1) is 0 Å². The van der Waals surface area contributed by atoms with E-state index in [1.165, 1.54) is 5.56 Å². The zero-order chi connectivity index (χ0) is 8.27. The lowest BCUT2D eigenvalue weighted by molar-refractivity contribution is 1.14. The minimum Gasteiger partial charge on any atom is -0.397 e. The lowest BCUT2D eigenvalue weighted by Gasteiger charge is -2.01. The van der Waals surface area contributed by atoms with Crippen LogP contribution in [0.25, 0.3) is 0 Å². The second kappa shape index (κ2) is 3.19. The van der Waals surface area contributed by atoms with E-state index in [0.717, 1.165) is 12.1 Å². The molecule has 0 unspecified atom stereocenters. The van der Waals surface area contributed by atoms with E-state index in [1.807, 2.05) is 18.2 Å². The summed E-state index contributed by atoms with van der Waals surface area (Å²) in [5, 5.41) is 0. The third-order valence-corrected chi connectivity index (χ3v) is 1.67. The van der Waals surface area contributed by atoms with Crippen molar-refractivity contribution in [3.8, 4) is 0 Å². The monoisotopic (exact) mass is 148 g/mol. The summed E-state index contributed by atoms with van der Waals surface area (Å²) in [7, 11) is 0. The molecule has 0 aliphatic carbocycles. The number of aryl methyl sites for hydroxylation is 1. The van der Waals surface area contributed by atoms with Crippen molar-refractivity contribution in [3.63, 3.8) is 0 Å². The van der Waals surface area contributed by atoms with Crippen molar-refractivity contribution in [3.05, 3.63) is 23.8 Å². The first kappa shape index (κ1) is 7.79. The van der Waals surface area contributed by atoms with Crippen LogP contribution in [0.3, 0.4) is 0 Å². The number of aliphatic imine (C=N–C) groups is 1. The molecule has 0 aliphatic heterocycles. The maximum absolute atomic E-state index is 5.62. The molecule has 0 heterocycles. The van der Waals surface area contributed by atoms with E-state index in [0.29, 0.717) is 5.69 Å². The molecule has 58 valence electrons. The predicted octanol–water partition coefficient (Wildman–Crippen LogP) is 2.16. The Morgan fingerprint density at radius 3 is 2.82 bits per heavy atom. The molecule has 0 amide bonds. The van der Waals surface area contributed by atoms with Gasteiger partial charge in [-0.25, -0.2) is 0 Å². The van der Waals surface area contributed by atoms with Crippen molar-refractivity contribution >= 4 is 18.1 Å². The molecule has 11 heavy (non-hydrogen) atoms. The van der Waals surface area contributed by atoms with Crippen LogP contribution in [0.1, 0.15) is 12.5 Å². The number of anilines is 1. The van der Waals surface area contributed by atoms with Crippen molar-refractivity contribution in [2.24, 2.45) is 4.99 Å². The highest BCUT2D eigenvalue weighted by atomic mass is 14.7. The fourth-order valence-electron chi connectivity index (χ4n) is 0.946. The summed E-state index contributed by atoms with van der Waals surface area (Å²) < 4.78 is 0. The van der Waals surface area contributed by atoms with E-state index in [9.17, 15) is 0 Å². The molecular formula is C9H12N2. The van der Waals surface area contributed by atoms with Crippen LogP contribution < -0.4 is 5.73 Å². The smallest absolute Gasteiger partial charge is 0.0854 e. The molecule has 2 N–H and O–H groups in total. The predicted molar refractivity (Wildman–Crippen MR) is 49.4 cm³/mol. The molecule has 2 heteroatoms. The highest BCUT2D eigenvalue weighted by molar-refractivity contribution is 5.65.